The van der Waals surface area contributed by atoms with Gasteiger partial charge in [0.05, 0.1) is 27.1 Å². The van der Waals surface area contributed by atoms with Crippen LogP contribution in [0.4, 0.5) is 0 Å². The van der Waals surface area contributed by atoms with Crippen LogP contribution in [0.2, 0.25) is 5.02 Å². The number of aromatic nitrogens is 2. The third-order valence-electron chi connectivity index (χ3n) is 2.16. The minimum atomic E-state index is -0.421. The van der Waals surface area contributed by atoms with Crippen molar-refractivity contribution >= 4 is 38.7 Å². The number of nitrogens with zero attached hydrogens (tertiary/aromatic N) is 2. The number of benzene rings is 1. The zero-order valence-electron chi connectivity index (χ0n) is 7.70. The fraction of sp³-hybridized carbons (Fsp3) is 0.111. The highest BCUT2D eigenvalue weighted by Crippen LogP contribution is 2.15. The van der Waals surface area contributed by atoms with Gasteiger partial charge >= 0.3 is 5.69 Å². The molecule has 2 rings (SSSR count). The molecule has 1 heterocycles. The van der Waals surface area contributed by atoms with Gasteiger partial charge in [0, 0.05) is 12.1 Å². The average molecular weight is 290 g/mol. The quantitative estimate of drug-likeness (QED) is 0.738. The summed E-state index contributed by atoms with van der Waals surface area (Å²) >= 11 is 8.88. The molecule has 0 bridgehead atoms. The van der Waals surface area contributed by atoms with Crippen LogP contribution >= 0.6 is 27.7 Å². The molecular formula is C9H6BrClN2O2. The second kappa shape index (κ2) is 3.50. The summed E-state index contributed by atoms with van der Waals surface area (Å²) in [5, 5.41) is 0.868. The second-order valence-electron chi connectivity index (χ2n) is 3.09. The van der Waals surface area contributed by atoms with E-state index >= 15 is 0 Å². The Hall–Kier alpha value is -1.07. The van der Waals surface area contributed by atoms with Gasteiger partial charge in [0.1, 0.15) is 0 Å². The first-order valence-electron chi connectivity index (χ1n) is 4.10. The van der Waals surface area contributed by atoms with Crippen molar-refractivity contribution in [3.63, 3.8) is 0 Å². The topological polar surface area (TPSA) is 44.0 Å². The summed E-state index contributed by atoms with van der Waals surface area (Å²) in [5.41, 5.74) is -0.268. The maximum atomic E-state index is 11.7. The summed E-state index contributed by atoms with van der Waals surface area (Å²) in [6, 6.07) is 4.78. The van der Waals surface area contributed by atoms with Gasteiger partial charge in [0.25, 0.3) is 5.56 Å². The standard InChI is InChI=1S/C9H6BrClN2O2/c1-12-8(14)6-4-5(11)2-3-7(6)13(10)9(12)15/h2-4H,1H3. The zero-order valence-corrected chi connectivity index (χ0v) is 10.0. The maximum absolute atomic E-state index is 11.7. The molecule has 4 nitrogen and oxygen atoms in total. The Morgan fingerprint density at radius 2 is 2.00 bits per heavy atom. The third kappa shape index (κ3) is 1.52. The van der Waals surface area contributed by atoms with Gasteiger partial charge in [0.15, 0.2) is 0 Å². The van der Waals surface area contributed by atoms with Crippen LogP contribution in [0.25, 0.3) is 10.9 Å². The highest BCUT2D eigenvalue weighted by Gasteiger charge is 2.08. The molecule has 0 saturated carbocycles. The first kappa shape index (κ1) is 10.4. The van der Waals surface area contributed by atoms with E-state index in [2.05, 4.69) is 16.1 Å². The molecule has 0 radical (unpaired) electrons. The Morgan fingerprint density at radius 3 is 2.67 bits per heavy atom. The summed E-state index contributed by atoms with van der Waals surface area (Å²) in [6.45, 7) is 0. The lowest BCUT2D eigenvalue weighted by molar-refractivity contribution is 0.784. The van der Waals surface area contributed by atoms with Crippen molar-refractivity contribution in [1.82, 2.24) is 8.16 Å². The number of rotatable bonds is 0. The smallest absolute Gasteiger partial charge is 0.268 e. The molecular weight excluding hydrogens is 283 g/mol. The first-order chi connectivity index (χ1) is 7.02. The van der Waals surface area contributed by atoms with Crippen LogP contribution in [-0.2, 0) is 7.05 Å². The van der Waals surface area contributed by atoms with Crippen molar-refractivity contribution in [1.29, 1.82) is 0 Å². The summed E-state index contributed by atoms with van der Waals surface area (Å²) < 4.78 is 2.26. The van der Waals surface area contributed by atoms with Crippen LogP contribution in [0, 0.1) is 0 Å². The molecule has 0 fully saturated rings. The van der Waals surface area contributed by atoms with Gasteiger partial charge in [-0.3, -0.25) is 9.36 Å². The third-order valence-corrected chi connectivity index (χ3v) is 3.08. The van der Waals surface area contributed by atoms with Crippen LogP contribution in [-0.4, -0.2) is 8.16 Å². The fourth-order valence-electron chi connectivity index (χ4n) is 1.35. The first-order valence-corrected chi connectivity index (χ1v) is 5.18. The highest BCUT2D eigenvalue weighted by atomic mass is 79.9. The molecule has 0 aliphatic rings. The number of halogens is 2. The van der Waals surface area contributed by atoms with Crippen molar-refractivity contribution in [2.45, 2.75) is 0 Å². The predicted octanol–water partition coefficient (Wildman–Crippen LogP) is 1.51. The molecule has 0 N–H and O–H groups in total. The molecule has 0 aliphatic heterocycles. The van der Waals surface area contributed by atoms with Crippen molar-refractivity contribution in [2.75, 3.05) is 0 Å². The summed E-state index contributed by atoms with van der Waals surface area (Å²) in [7, 11) is 1.42. The zero-order chi connectivity index (χ0) is 11.2. The summed E-state index contributed by atoms with van der Waals surface area (Å²) in [4.78, 5) is 23.3. The van der Waals surface area contributed by atoms with Crippen LogP contribution < -0.4 is 11.2 Å². The van der Waals surface area contributed by atoms with Gasteiger partial charge in [-0.05, 0) is 18.2 Å². The van der Waals surface area contributed by atoms with Crippen molar-refractivity contribution < 1.29 is 0 Å². The second-order valence-corrected chi connectivity index (χ2v) is 4.23. The van der Waals surface area contributed by atoms with Crippen LogP contribution in [0.5, 0.6) is 0 Å². The van der Waals surface area contributed by atoms with E-state index in [4.69, 9.17) is 11.6 Å². The molecule has 0 aliphatic carbocycles. The Labute approximate surface area is 98.0 Å². The van der Waals surface area contributed by atoms with Crippen LogP contribution in [0.3, 0.4) is 0 Å². The van der Waals surface area contributed by atoms with Gasteiger partial charge in [-0.25, -0.2) is 8.39 Å². The average Bonchev–Trinajstić information content (AvgIpc) is 2.23. The van der Waals surface area contributed by atoms with Gasteiger partial charge in [-0.15, -0.1) is 0 Å². The molecule has 78 valence electrons. The fourth-order valence-corrected chi connectivity index (χ4v) is 2.07. The molecule has 6 heteroatoms. The number of fused-ring (bicyclic) bond motifs is 1. The van der Waals surface area contributed by atoms with Gasteiger partial charge in [0.2, 0.25) is 0 Å². The van der Waals surface area contributed by atoms with Crippen LogP contribution in [0.1, 0.15) is 0 Å². The number of hydrogen-bond donors (Lipinski definition) is 0. The lowest BCUT2D eigenvalue weighted by atomic mass is 10.2. The molecule has 0 amide bonds. The minimum Gasteiger partial charge on any atom is -0.268 e. The van der Waals surface area contributed by atoms with Crippen molar-refractivity contribution in [3.8, 4) is 0 Å². The highest BCUT2D eigenvalue weighted by molar-refractivity contribution is 9.08. The minimum absolute atomic E-state index is 0.354. The lowest BCUT2D eigenvalue weighted by Gasteiger charge is -2.05. The number of hydrogen-bond acceptors (Lipinski definition) is 2. The maximum Gasteiger partial charge on any atom is 0.341 e. The van der Waals surface area contributed by atoms with E-state index in [1.807, 2.05) is 0 Å². The Balaban J connectivity index is 3.15. The molecule has 0 atom stereocenters. The Kier molecular flexibility index (Phi) is 2.44. The predicted molar refractivity (Wildman–Crippen MR) is 62.8 cm³/mol. The van der Waals surface area contributed by atoms with Crippen molar-refractivity contribution in [3.05, 3.63) is 44.1 Å². The normalized spacial score (nSPS) is 10.9. The SMILES string of the molecule is Cn1c(=O)c2cc(Cl)ccc2n(Br)c1=O. The summed E-state index contributed by atoms with van der Waals surface area (Å²) in [5.74, 6) is 0. The lowest BCUT2D eigenvalue weighted by Crippen LogP contribution is -2.35. The van der Waals surface area contributed by atoms with Crippen LogP contribution in [0.15, 0.2) is 27.8 Å². The molecule has 15 heavy (non-hydrogen) atoms. The van der Waals surface area contributed by atoms with E-state index in [0.29, 0.717) is 15.9 Å². The van der Waals surface area contributed by atoms with Gasteiger partial charge in [-0.1, -0.05) is 11.6 Å². The van der Waals surface area contributed by atoms with E-state index in [0.717, 1.165) is 4.57 Å². The van der Waals surface area contributed by atoms with E-state index in [9.17, 15) is 9.59 Å². The molecule has 1 aromatic carbocycles. The Bertz CT molecular complexity index is 659. The van der Waals surface area contributed by atoms with E-state index < -0.39 is 5.69 Å². The van der Waals surface area contributed by atoms with Crippen molar-refractivity contribution in [2.24, 2.45) is 7.05 Å². The molecule has 0 unspecified atom stereocenters. The Morgan fingerprint density at radius 1 is 1.33 bits per heavy atom. The molecule has 1 aromatic heterocycles. The molecule has 2 aromatic rings. The van der Waals surface area contributed by atoms with Gasteiger partial charge < -0.3 is 0 Å². The molecule has 0 saturated heterocycles. The van der Waals surface area contributed by atoms with E-state index in [-0.39, 0.29) is 5.56 Å². The van der Waals surface area contributed by atoms with E-state index in [1.165, 1.54) is 16.7 Å². The molecule has 0 spiro atoms. The van der Waals surface area contributed by atoms with Gasteiger partial charge in [-0.2, -0.15) is 0 Å². The largest absolute Gasteiger partial charge is 0.341 e. The monoisotopic (exact) mass is 288 g/mol. The van der Waals surface area contributed by atoms with E-state index in [1.54, 1.807) is 12.1 Å². The summed E-state index contributed by atoms with van der Waals surface area (Å²) in [6.07, 6.45) is 0.